The molecule has 2 aromatic carbocycles. The van der Waals surface area contributed by atoms with E-state index < -0.39 is 6.04 Å². The van der Waals surface area contributed by atoms with Crippen LogP contribution < -0.4 is 31.6 Å². The van der Waals surface area contributed by atoms with Gasteiger partial charge in [-0.2, -0.15) is 10.5 Å². The third-order valence-electron chi connectivity index (χ3n) is 5.44. The maximum absolute atomic E-state index is 9.54. The molecule has 1 atom stereocenters. The molecule has 0 fully saturated rings. The summed E-state index contributed by atoms with van der Waals surface area (Å²) in [6.45, 7) is 2.24. The molecule has 4 rings (SSSR count). The monoisotopic (exact) mass is 454 g/mol. The number of nitrogens with two attached hydrogens (primary N) is 2. The Hall–Kier alpha value is -4.96. The Bertz CT molecular complexity index is 1360. The van der Waals surface area contributed by atoms with Crippen LogP contribution in [0.1, 0.15) is 33.9 Å². The first-order valence-corrected chi connectivity index (χ1v) is 10.3. The highest BCUT2D eigenvalue weighted by atomic mass is 16.5. The van der Waals surface area contributed by atoms with Gasteiger partial charge in [0.05, 0.1) is 12.8 Å². The molecule has 0 amide bonds. The average Bonchev–Trinajstić information content (AvgIpc) is 2.83. The van der Waals surface area contributed by atoms with Gasteiger partial charge in [-0.3, -0.25) is 5.32 Å². The predicted molar refractivity (Wildman–Crippen MR) is 128 cm³/mol. The Labute approximate surface area is 196 Å². The maximum atomic E-state index is 9.54. The number of hydrogen-bond donors (Lipinski definition) is 4. The number of nitriles is 2. The number of rotatable bonds is 5. The molecule has 2 heterocycles. The number of fused-ring (bicyclic) bond motifs is 1. The lowest BCUT2D eigenvalue weighted by atomic mass is 9.92. The van der Waals surface area contributed by atoms with Gasteiger partial charge in [-0.15, -0.1) is 0 Å². The van der Waals surface area contributed by atoms with Gasteiger partial charge in [0.2, 0.25) is 5.96 Å². The number of hydrogen-bond acceptors (Lipinski definition) is 10. The molecule has 1 aromatic heterocycles. The molecule has 0 aliphatic carbocycles. The van der Waals surface area contributed by atoms with Crippen LogP contribution in [0.2, 0.25) is 0 Å². The van der Waals surface area contributed by atoms with Gasteiger partial charge in [-0.05, 0) is 35.7 Å². The minimum absolute atomic E-state index is 0.0125. The van der Waals surface area contributed by atoms with Crippen LogP contribution in [-0.4, -0.2) is 18.1 Å². The minimum Gasteiger partial charge on any atom is -0.493 e. The zero-order chi connectivity index (χ0) is 24.2. The second-order valence-electron chi connectivity index (χ2n) is 7.54. The van der Waals surface area contributed by atoms with Crippen molar-refractivity contribution >= 4 is 23.3 Å². The smallest absolute Gasteiger partial charge is 0.211 e. The quantitative estimate of drug-likeness (QED) is 0.334. The standard InChI is InChI=1S/C24H22N8O2/c1-13-8-17(33-2)18(34-11-14-6-4-3-5-7-14)9-15(13)21-19-20(27)16(10-25)22(28)31-23(19)32-24(30-21)29-12-26/h3-9,21H,11H2,1-2H3,(H6,27,28,29,30,31,32). The van der Waals surface area contributed by atoms with Crippen LogP contribution in [0.25, 0.3) is 0 Å². The van der Waals surface area contributed by atoms with Crippen LogP contribution in [0, 0.1) is 29.7 Å². The summed E-state index contributed by atoms with van der Waals surface area (Å²) in [7, 11) is 1.57. The van der Waals surface area contributed by atoms with E-state index in [4.69, 9.17) is 26.2 Å². The van der Waals surface area contributed by atoms with Crippen molar-refractivity contribution in [3.63, 3.8) is 0 Å². The van der Waals surface area contributed by atoms with Crippen molar-refractivity contribution in [2.75, 3.05) is 23.9 Å². The van der Waals surface area contributed by atoms with Gasteiger partial charge in [0, 0.05) is 5.56 Å². The number of methoxy groups -OCH3 is 1. The van der Waals surface area contributed by atoms with Gasteiger partial charge in [-0.25, -0.2) is 9.98 Å². The molecule has 3 aromatic rings. The highest BCUT2D eigenvalue weighted by Gasteiger charge is 2.31. The Morgan fingerprint density at radius 1 is 1.15 bits per heavy atom. The van der Waals surface area contributed by atoms with Crippen molar-refractivity contribution in [3.05, 3.63) is 70.3 Å². The molecule has 0 spiro atoms. The molecule has 10 nitrogen and oxygen atoms in total. The summed E-state index contributed by atoms with van der Waals surface area (Å²) in [6, 6.07) is 14.7. The van der Waals surface area contributed by atoms with Gasteiger partial charge in [0.15, 0.2) is 17.7 Å². The normalized spacial score (nSPS) is 14.0. The number of benzene rings is 2. The Kier molecular flexibility index (Phi) is 6.06. The van der Waals surface area contributed by atoms with Crippen molar-refractivity contribution in [2.45, 2.75) is 19.6 Å². The SMILES string of the molecule is COc1cc(C)c(C2N=C(NC#N)Nc3nc(N)c(C#N)c(N)c32)cc1OCc1ccccc1. The number of nitrogens with one attached hydrogen (secondary N) is 2. The lowest BCUT2D eigenvalue weighted by Gasteiger charge is -2.27. The van der Waals surface area contributed by atoms with Gasteiger partial charge < -0.3 is 26.3 Å². The third kappa shape index (κ3) is 4.08. The fourth-order valence-electron chi connectivity index (χ4n) is 3.79. The van der Waals surface area contributed by atoms with Crippen LogP contribution in [0.15, 0.2) is 47.5 Å². The average molecular weight is 454 g/mol. The minimum atomic E-state index is -0.683. The molecule has 6 N–H and O–H groups in total. The number of aliphatic imine (C=N–C) groups is 1. The van der Waals surface area contributed by atoms with E-state index in [2.05, 4.69) is 20.6 Å². The predicted octanol–water partition coefficient (Wildman–Crippen LogP) is 2.96. The van der Waals surface area contributed by atoms with Gasteiger partial charge in [0.1, 0.15) is 35.9 Å². The molecule has 1 unspecified atom stereocenters. The molecular formula is C24H22N8O2. The van der Waals surface area contributed by atoms with E-state index in [0.717, 1.165) is 16.7 Å². The lowest BCUT2D eigenvalue weighted by molar-refractivity contribution is 0.284. The summed E-state index contributed by atoms with van der Waals surface area (Å²) in [5.74, 6) is 1.56. The number of aryl methyl sites for hydroxylation is 1. The number of aromatic nitrogens is 1. The van der Waals surface area contributed by atoms with E-state index in [0.29, 0.717) is 29.5 Å². The van der Waals surface area contributed by atoms with E-state index in [1.807, 2.05) is 61.7 Å². The van der Waals surface area contributed by atoms with E-state index in [9.17, 15) is 5.26 Å². The second kappa shape index (κ2) is 9.27. The fraction of sp³-hybridized carbons (Fsp3) is 0.167. The maximum Gasteiger partial charge on any atom is 0.211 e. The molecule has 0 saturated heterocycles. The Balaban J connectivity index is 1.84. The largest absolute Gasteiger partial charge is 0.493 e. The summed E-state index contributed by atoms with van der Waals surface area (Å²) in [4.78, 5) is 8.92. The summed E-state index contributed by atoms with van der Waals surface area (Å²) in [5.41, 5.74) is 15.6. The molecule has 10 heteroatoms. The van der Waals surface area contributed by atoms with Crippen LogP contribution in [0.4, 0.5) is 17.3 Å². The number of nitrogens with zero attached hydrogens (tertiary/aromatic N) is 4. The Morgan fingerprint density at radius 2 is 1.91 bits per heavy atom. The lowest BCUT2D eigenvalue weighted by Crippen LogP contribution is -2.33. The van der Waals surface area contributed by atoms with E-state index in [1.165, 1.54) is 0 Å². The highest BCUT2D eigenvalue weighted by molar-refractivity contribution is 5.98. The summed E-state index contributed by atoms with van der Waals surface area (Å²) < 4.78 is 11.6. The van der Waals surface area contributed by atoms with Gasteiger partial charge in [-0.1, -0.05) is 30.3 Å². The number of nitrogen functional groups attached to an aromatic ring is 2. The molecular weight excluding hydrogens is 432 g/mol. The molecule has 1 aliphatic rings. The van der Waals surface area contributed by atoms with Crippen molar-refractivity contribution in [3.8, 4) is 23.8 Å². The molecule has 34 heavy (non-hydrogen) atoms. The summed E-state index contributed by atoms with van der Waals surface area (Å²) in [5, 5.41) is 24.1. The van der Waals surface area contributed by atoms with Crippen molar-refractivity contribution in [1.29, 1.82) is 10.5 Å². The van der Waals surface area contributed by atoms with Crippen LogP contribution >= 0.6 is 0 Å². The number of ether oxygens (including phenoxy) is 2. The Morgan fingerprint density at radius 3 is 2.59 bits per heavy atom. The van der Waals surface area contributed by atoms with Crippen LogP contribution in [0.3, 0.4) is 0 Å². The fourth-order valence-corrected chi connectivity index (χ4v) is 3.79. The second-order valence-corrected chi connectivity index (χ2v) is 7.54. The van der Waals surface area contributed by atoms with E-state index in [1.54, 1.807) is 7.11 Å². The molecule has 0 radical (unpaired) electrons. The van der Waals surface area contributed by atoms with Crippen molar-refractivity contribution in [1.82, 2.24) is 10.3 Å². The van der Waals surface area contributed by atoms with Crippen molar-refractivity contribution in [2.24, 2.45) is 4.99 Å². The number of guanidine groups is 1. The third-order valence-corrected chi connectivity index (χ3v) is 5.44. The van der Waals surface area contributed by atoms with Gasteiger partial charge >= 0.3 is 0 Å². The zero-order valence-corrected chi connectivity index (χ0v) is 18.6. The van der Waals surface area contributed by atoms with E-state index >= 15 is 0 Å². The van der Waals surface area contributed by atoms with E-state index in [-0.39, 0.29) is 23.0 Å². The van der Waals surface area contributed by atoms with Crippen LogP contribution in [0.5, 0.6) is 11.5 Å². The molecule has 170 valence electrons. The molecule has 1 aliphatic heterocycles. The van der Waals surface area contributed by atoms with Crippen LogP contribution in [-0.2, 0) is 6.61 Å². The first kappa shape index (κ1) is 22.2. The molecule has 0 bridgehead atoms. The van der Waals surface area contributed by atoms with Gasteiger partial charge in [0.25, 0.3) is 0 Å². The zero-order valence-electron chi connectivity index (χ0n) is 18.6. The topological polar surface area (TPSA) is 167 Å². The number of pyridine rings is 1. The summed E-state index contributed by atoms with van der Waals surface area (Å²) in [6.07, 6.45) is 1.84. The first-order chi connectivity index (χ1) is 16.5. The van der Waals surface area contributed by atoms with Crippen molar-refractivity contribution < 1.29 is 9.47 Å². The molecule has 0 saturated carbocycles. The number of anilines is 3. The first-order valence-electron chi connectivity index (χ1n) is 10.3. The summed E-state index contributed by atoms with van der Waals surface area (Å²) >= 11 is 0. The highest BCUT2D eigenvalue weighted by Crippen LogP contribution is 2.44.